The quantitative estimate of drug-likeness (QED) is 0.170. The first-order chi connectivity index (χ1) is 20.9. The van der Waals surface area contributed by atoms with E-state index in [2.05, 4.69) is 0 Å². The third-order valence-corrected chi connectivity index (χ3v) is 8.10. The largest absolute Gasteiger partial charge is 0.464 e. The van der Waals surface area contributed by atoms with Gasteiger partial charge in [0, 0.05) is 22.8 Å². The Morgan fingerprint density at radius 1 is 0.773 bits per heavy atom. The summed E-state index contributed by atoms with van der Waals surface area (Å²) in [5, 5.41) is 4.10. The van der Waals surface area contributed by atoms with Crippen LogP contribution in [0.5, 0.6) is 11.5 Å². The molecule has 7 heteroatoms. The Balaban J connectivity index is 1.35. The Morgan fingerprint density at radius 3 is 1.93 bits per heavy atom. The van der Waals surface area contributed by atoms with Crippen LogP contribution < -0.4 is 9.47 Å². The summed E-state index contributed by atoms with van der Waals surface area (Å²) in [4.78, 5) is 38.9. The van der Waals surface area contributed by atoms with Gasteiger partial charge in [-0.1, -0.05) is 60.7 Å². The summed E-state index contributed by atoms with van der Waals surface area (Å²) < 4.78 is 24.3. The van der Waals surface area contributed by atoms with Crippen LogP contribution in [0.3, 0.4) is 0 Å². The number of ketones is 1. The summed E-state index contributed by atoms with van der Waals surface area (Å²) in [6.45, 7) is 7.40. The number of carbonyl (C=O) groups is 3. The molecule has 224 valence electrons. The van der Waals surface area contributed by atoms with Crippen molar-refractivity contribution in [3.05, 3.63) is 95.6 Å². The highest BCUT2D eigenvalue weighted by Crippen LogP contribution is 2.46. The van der Waals surface area contributed by atoms with Crippen LogP contribution in [0, 0.1) is 5.41 Å². The van der Waals surface area contributed by atoms with Crippen molar-refractivity contribution in [1.29, 1.82) is 0 Å². The van der Waals surface area contributed by atoms with E-state index in [-0.39, 0.29) is 6.42 Å². The van der Waals surface area contributed by atoms with Crippen LogP contribution in [-0.4, -0.2) is 35.7 Å². The van der Waals surface area contributed by atoms with Crippen molar-refractivity contribution in [2.24, 2.45) is 5.41 Å². The van der Waals surface area contributed by atoms with Crippen LogP contribution in [0.2, 0.25) is 0 Å². The van der Waals surface area contributed by atoms with E-state index in [9.17, 15) is 14.4 Å². The first kappa shape index (κ1) is 29.2. The van der Waals surface area contributed by atoms with Crippen molar-refractivity contribution in [3.8, 4) is 11.5 Å². The summed E-state index contributed by atoms with van der Waals surface area (Å²) in [6, 6.07) is 23.7. The Bertz CT molecular complexity index is 1890. The highest BCUT2D eigenvalue weighted by atomic mass is 16.7. The molecule has 0 bridgehead atoms. The smallest absolute Gasteiger partial charge is 0.323 e. The van der Waals surface area contributed by atoms with Gasteiger partial charge in [0.15, 0.2) is 5.41 Å². The maximum Gasteiger partial charge on any atom is 0.323 e. The first-order valence-electron chi connectivity index (χ1n) is 14.6. The molecular weight excluding hydrogens is 556 g/mol. The van der Waals surface area contributed by atoms with E-state index in [1.165, 1.54) is 13.8 Å². The van der Waals surface area contributed by atoms with E-state index >= 15 is 0 Å². The molecule has 0 amide bonds. The number of benzene rings is 4. The van der Waals surface area contributed by atoms with Crippen molar-refractivity contribution >= 4 is 51.4 Å². The van der Waals surface area contributed by atoms with Gasteiger partial charge in [-0.05, 0) is 80.4 Å². The van der Waals surface area contributed by atoms with E-state index in [0.717, 1.165) is 32.7 Å². The minimum atomic E-state index is -1.65. The predicted molar refractivity (Wildman–Crippen MR) is 169 cm³/mol. The molecule has 2 heterocycles. The molecular formula is C37H34O7. The third-order valence-electron chi connectivity index (χ3n) is 8.10. The number of esters is 2. The van der Waals surface area contributed by atoms with E-state index in [4.69, 9.17) is 18.9 Å². The lowest BCUT2D eigenvalue weighted by atomic mass is 9.87. The zero-order valence-corrected chi connectivity index (χ0v) is 25.4. The second kappa shape index (κ2) is 10.7. The lowest BCUT2D eigenvalue weighted by Gasteiger charge is -2.40. The highest BCUT2D eigenvalue weighted by molar-refractivity contribution is 6.03. The van der Waals surface area contributed by atoms with Gasteiger partial charge in [0.2, 0.25) is 0 Å². The SMILES string of the molecule is CC(=O)C(C)(COC(=O)CC1=Cc2c(ccc3ccccc23)OC12C=Cc1c(ccc3ccccc13)O2)C(=O)OC(C)(C)C. The van der Waals surface area contributed by atoms with Gasteiger partial charge in [-0.25, -0.2) is 0 Å². The predicted octanol–water partition coefficient (Wildman–Crippen LogP) is 7.44. The fourth-order valence-corrected chi connectivity index (χ4v) is 5.47. The molecule has 0 radical (unpaired) electrons. The third kappa shape index (κ3) is 5.23. The molecule has 4 aromatic rings. The van der Waals surface area contributed by atoms with Crippen LogP contribution in [-0.2, 0) is 23.9 Å². The lowest BCUT2D eigenvalue weighted by Crippen LogP contribution is -2.46. The average molecular weight is 591 g/mol. The fraction of sp³-hybridized carbons (Fsp3) is 0.270. The molecule has 4 aromatic carbocycles. The van der Waals surface area contributed by atoms with Crippen molar-refractivity contribution in [3.63, 3.8) is 0 Å². The zero-order chi connectivity index (χ0) is 31.3. The molecule has 7 nitrogen and oxygen atoms in total. The molecule has 2 atom stereocenters. The standard InChI is InChI=1S/C37H34O7/c1-23(38)36(5,34(40)44-35(2,3)4)22-41-33(39)21-26-20-30-28-13-9-7-11-25(28)15-17-32(30)43-37(26)19-18-29-27-12-8-6-10-24(27)14-16-31(29)42-37/h6-20H,21-22H2,1-5H3. The minimum Gasteiger partial charge on any atom is -0.464 e. The lowest BCUT2D eigenvalue weighted by molar-refractivity contribution is -0.174. The number of fused-ring (bicyclic) bond motifs is 6. The van der Waals surface area contributed by atoms with Crippen LogP contribution in [0.1, 0.15) is 52.2 Å². The van der Waals surface area contributed by atoms with Crippen LogP contribution >= 0.6 is 0 Å². The molecule has 0 aliphatic carbocycles. The molecule has 0 fully saturated rings. The van der Waals surface area contributed by atoms with E-state index in [1.807, 2.05) is 91.0 Å². The number of hydrogen-bond donors (Lipinski definition) is 0. The number of hydrogen-bond acceptors (Lipinski definition) is 7. The molecule has 1 spiro atoms. The zero-order valence-electron chi connectivity index (χ0n) is 25.4. The molecule has 6 rings (SSSR count). The van der Waals surface area contributed by atoms with Gasteiger partial charge in [-0.3, -0.25) is 14.4 Å². The first-order valence-corrected chi connectivity index (χ1v) is 14.6. The number of Topliss-reactive ketones (excluding diaryl/α,β-unsaturated/α-hetero) is 1. The summed E-state index contributed by atoms with van der Waals surface area (Å²) in [7, 11) is 0. The maximum atomic E-state index is 13.4. The maximum absolute atomic E-state index is 13.4. The topological polar surface area (TPSA) is 88.1 Å². The Hall–Kier alpha value is -4.91. The Kier molecular flexibility index (Phi) is 7.07. The Labute approximate surface area is 256 Å². The van der Waals surface area contributed by atoms with Crippen molar-refractivity contribution in [1.82, 2.24) is 0 Å². The van der Waals surface area contributed by atoms with E-state index in [1.54, 1.807) is 20.8 Å². The summed E-state index contributed by atoms with van der Waals surface area (Å²) in [6.07, 6.45) is 5.48. The highest BCUT2D eigenvalue weighted by Gasteiger charge is 2.46. The molecule has 2 aliphatic rings. The Morgan fingerprint density at radius 2 is 1.34 bits per heavy atom. The van der Waals surface area contributed by atoms with E-state index < -0.39 is 41.1 Å². The van der Waals surface area contributed by atoms with Crippen LogP contribution in [0.15, 0.2) is 84.4 Å². The molecule has 0 aromatic heterocycles. The monoisotopic (exact) mass is 590 g/mol. The second-order valence-electron chi connectivity index (χ2n) is 12.5. The summed E-state index contributed by atoms with van der Waals surface area (Å²) >= 11 is 0. The van der Waals surface area contributed by atoms with Gasteiger partial charge < -0.3 is 18.9 Å². The molecule has 44 heavy (non-hydrogen) atoms. The van der Waals surface area contributed by atoms with Crippen LogP contribution in [0.4, 0.5) is 0 Å². The molecule has 0 saturated carbocycles. The summed E-state index contributed by atoms with van der Waals surface area (Å²) in [5.41, 5.74) is -0.208. The molecule has 2 aliphatic heterocycles. The molecule has 2 unspecified atom stereocenters. The van der Waals surface area contributed by atoms with Crippen molar-refractivity contribution < 1.29 is 33.3 Å². The summed E-state index contributed by atoms with van der Waals surface area (Å²) in [5.74, 6) is -2.03. The van der Waals surface area contributed by atoms with Gasteiger partial charge in [-0.15, -0.1) is 0 Å². The van der Waals surface area contributed by atoms with Gasteiger partial charge >= 0.3 is 11.9 Å². The van der Waals surface area contributed by atoms with Crippen molar-refractivity contribution in [2.45, 2.75) is 52.4 Å². The average Bonchev–Trinajstić information content (AvgIpc) is 2.99. The number of ether oxygens (including phenoxy) is 4. The number of carbonyl (C=O) groups excluding carboxylic acids is 3. The fourth-order valence-electron chi connectivity index (χ4n) is 5.47. The van der Waals surface area contributed by atoms with Gasteiger partial charge in [0.1, 0.15) is 29.5 Å². The van der Waals surface area contributed by atoms with Gasteiger partial charge in [0.25, 0.3) is 5.79 Å². The normalized spacial score (nSPS) is 18.3. The molecule has 0 N–H and O–H groups in total. The minimum absolute atomic E-state index is 0.210. The molecule has 0 saturated heterocycles. The van der Waals surface area contributed by atoms with Gasteiger partial charge in [0.05, 0.1) is 6.42 Å². The number of rotatable bonds is 6. The van der Waals surface area contributed by atoms with Crippen LogP contribution in [0.25, 0.3) is 33.7 Å². The van der Waals surface area contributed by atoms with Gasteiger partial charge in [-0.2, -0.15) is 0 Å². The van der Waals surface area contributed by atoms with E-state index in [0.29, 0.717) is 17.1 Å². The second-order valence-corrected chi connectivity index (χ2v) is 12.5. The van der Waals surface area contributed by atoms with Crippen molar-refractivity contribution in [2.75, 3.05) is 6.61 Å².